The van der Waals surface area contributed by atoms with Crippen LogP contribution in [-0.4, -0.2) is 33.2 Å². The molecular weight excluding hydrogens is 239 g/mol. The van der Waals surface area contributed by atoms with E-state index in [-0.39, 0.29) is 24.8 Å². The van der Waals surface area contributed by atoms with Gasteiger partial charge >= 0.3 is 0 Å². The molecule has 8 heteroatoms. The van der Waals surface area contributed by atoms with Gasteiger partial charge in [-0.1, -0.05) is 0 Å². The van der Waals surface area contributed by atoms with Gasteiger partial charge in [0.2, 0.25) is 0 Å². The van der Waals surface area contributed by atoms with Crippen molar-refractivity contribution in [1.29, 1.82) is 0 Å². The first-order valence-corrected chi connectivity index (χ1v) is 2.78. The lowest BCUT2D eigenvalue weighted by Crippen LogP contribution is -1.78. The van der Waals surface area contributed by atoms with E-state index >= 15 is 0 Å². The van der Waals surface area contributed by atoms with Crippen LogP contribution in [0.15, 0.2) is 0 Å². The Morgan fingerprint density at radius 1 is 0.643 bits per heavy atom. The number of hydrogen-bond donors (Lipinski definition) is 3. The first-order valence-electron chi connectivity index (χ1n) is 2.78. The Bertz CT molecular complexity index is 118. The molecule has 0 aliphatic carbocycles. The van der Waals surface area contributed by atoms with Crippen LogP contribution in [0.25, 0.3) is 0 Å². The molecule has 0 saturated carbocycles. The number of carboxylic acid groups (broad SMARTS) is 3. The standard InChI is InChI=1S/3C2H4O2.2ClH/c3*1-2(3)4;;/h3*1H3,(H,3,4);2*1H. The average Bonchev–Trinajstić information content (AvgIpc) is 1.54. The second kappa shape index (κ2) is 22.7. The van der Waals surface area contributed by atoms with Crippen molar-refractivity contribution in [3.63, 3.8) is 0 Å². The zero-order chi connectivity index (χ0) is 10.7. The number of hydrogen-bond acceptors (Lipinski definition) is 3. The third-order valence-electron chi connectivity index (χ3n) is 0. The van der Waals surface area contributed by atoms with E-state index in [4.69, 9.17) is 29.7 Å². The highest BCUT2D eigenvalue weighted by molar-refractivity contribution is 5.85. The Labute approximate surface area is 93.7 Å². The van der Waals surface area contributed by atoms with Gasteiger partial charge in [-0.05, 0) is 0 Å². The van der Waals surface area contributed by atoms with Gasteiger partial charge in [0.25, 0.3) is 17.9 Å². The van der Waals surface area contributed by atoms with Crippen molar-refractivity contribution in [3.8, 4) is 0 Å². The molecule has 0 heterocycles. The largest absolute Gasteiger partial charge is 0.481 e. The molecule has 0 unspecified atom stereocenters. The lowest BCUT2D eigenvalue weighted by molar-refractivity contribution is -0.135. The molecule has 88 valence electrons. The van der Waals surface area contributed by atoms with Gasteiger partial charge in [-0.15, -0.1) is 24.8 Å². The molecule has 0 aromatic heterocycles. The quantitative estimate of drug-likeness (QED) is 0.596. The minimum Gasteiger partial charge on any atom is -0.481 e. The average molecular weight is 253 g/mol. The first-order chi connectivity index (χ1) is 5.20. The van der Waals surface area contributed by atoms with E-state index < -0.39 is 17.9 Å². The van der Waals surface area contributed by atoms with Crippen LogP contribution in [0.4, 0.5) is 0 Å². The lowest BCUT2D eigenvalue weighted by Gasteiger charge is -1.59. The molecule has 0 atom stereocenters. The molecule has 0 bridgehead atoms. The molecule has 0 aromatic rings. The summed E-state index contributed by atoms with van der Waals surface area (Å²) in [5.41, 5.74) is 0. The molecular formula is C6H14Cl2O6. The third-order valence-corrected chi connectivity index (χ3v) is 0. The predicted molar refractivity (Wildman–Crippen MR) is 54.4 cm³/mol. The molecule has 14 heavy (non-hydrogen) atoms. The van der Waals surface area contributed by atoms with E-state index in [0.717, 1.165) is 20.8 Å². The van der Waals surface area contributed by atoms with Crippen LogP contribution in [0.5, 0.6) is 0 Å². The molecule has 0 fully saturated rings. The summed E-state index contributed by atoms with van der Waals surface area (Å²) >= 11 is 0. The van der Waals surface area contributed by atoms with Crippen LogP contribution < -0.4 is 0 Å². The fourth-order valence-corrected chi connectivity index (χ4v) is 0. The van der Waals surface area contributed by atoms with Crippen LogP contribution in [0.2, 0.25) is 0 Å². The number of rotatable bonds is 0. The normalized spacial score (nSPS) is 5.36. The number of carbonyl (C=O) groups is 3. The summed E-state index contributed by atoms with van der Waals surface area (Å²) in [4.78, 5) is 27.0. The van der Waals surface area contributed by atoms with E-state index in [1.54, 1.807) is 0 Å². The van der Waals surface area contributed by atoms with Crippen molar-refractivity contribution in [2.75, 3.05) is 0 Å². The molecule has 0 amide bonds. The van der Waals surface area contributed by atoms with Crippen molar-refractivity contribution in [1.82, 2.24) is 0 Å². The van der Waals surface area contributed by atoms with Crippen LogP contribution in [0.1, 0.15) is 20.8 Å². The molecule has 6 nitrogen and oxygen atoms in total. The van der Waals surface area contributed by atoms with E-state index in [1.165, 1.54) is 0 Å². The maximum atomic E-state index is 9.00. The lowest BCUT2D eigenvalue weighted by atomic mass is 10.9. The van der Waals surface area contributed by atoms with E-state index in [9.17, 15) is 0 Å². The summed E-state index contributed by atoms with van der Waals surface area (Å²) in [6.07, 6.45) is 0. The summed E-state index contributed by atoms with van der Waals surface area (Å²) in [5, 5.41) is 22.2. The molecule has 0 rings (SSSR count). The monoisotopic (exact) mass is 252 g/mol. The number of carboxylic acids is 3. The van der Waals surface area contributed by atoms with Gasteiger partial charge in [0.1, 0.15) is 0 Å². The highest BCUT2D eigenvalue weighted by atomic mass is 35.5. The van der Waals surface area contributed by atoms with Crippen LogP contribution in [0, 0.1) is 0 Å². The van der Waals surface area contributed by atoms with Gasteiger partial charge in [-0.2, -0.15) is 0 Å². The summed E-state index contributed by atoms with van der Waals surface area (Å²) in [6.45, 7) is 3.25. The minimum absolute atomic E-state index is 0. The van der Waals surface area contributed by atoms with Crippen molar-refractivity contribution in [2.24, 2.45) is 0 Å². The summed E-state index contributed by atoms with van der Waals surface area (Å²) in [5.74, 6) is -2.50. The molecule has 0 spiro atoms. The van der Waals surface area contributed by atoms with E-state index in [2.05, 4.69) is 0 Å². The fourth-order valence-electron chi connectivity index (χ4n) is 0. The smallest absolute Gasteiger partial charge is 0.300 e. The Hall–Kier alpha value is -1.01. The van der Waals surface area contributed by atoms with E-state index in [1.807, 2.05) is 0 Å². The van der Waals surface area contributed by atoms with E-state index in [0.29, 0.717) is 0 Å². The molecule has 3 N–H and O–H groups in total. The number of aliphatic carboxylic acids is 3. The summed E-state index contributed by atoms with van der Waals surface area (Å²) < 4.78 is 0. The zero-order valence-electron chi connectivity index (χ0n) is 7.88. The van der Waals surface area contributed by atoms with Gasteiger partial charge in [0.15, 0.2) is 0 Å². The molecule has 0 saturated heterocycles. The second-order valence-corrected chi connectivity index (χ2v) is 1.56. The van der Waals surface area contributed by atoms with Gasteiger partial charge in [-0.3, -0.25) is 14.4 Å². The highest BCUT2D eigenvalue weighted by Gasteiger charge is 1.66. The Balaban J connectivity index is -0.0000000270. The second-order valence-electron chi connectivity index (χ2n) is 1.56. The van der Waals surface area contributed by atoms with Crippen LogP contribution >= 0.6 is 24.8 Å². The van der Waals surface area contributed by atoms with Gasteiger partial charge in [-0.25, -0.2) is 0 Å². The topological polar surface area (TPSA) is 112 Å². The van der Waals surface area contributed by atoms with Crippen molar-refractivity contribution < 1.29 is 29.7 Å². The third kappa shape index (κ3) is 1080. The minimum atomic E-state index is -0.833. The maximum Gasteiger partial charge on any atom is 0.300 e. The Kier molecular flexibility index (Phi) is 47.4. The Morgan fingerprint density at radius 3 is 0.643 bits per heavy atom. The summed E-state index contributed by atoms with van der Waals surface area (Å²) in [6, 6.07) is 0. The zero-order valence-corrected chi connectivity index (χ0v) is 9.52. The van der Waals surface area contributed by atoms with Crippen LogP contribution in [-0.2, 0) is 14.4 Å². The molecule has 0 aliphatic rings. The Morgan fingerprint density at radius 2 is 0.643 bits per heavy atom. The highest BCUT2D eigenvalue weighted by Crippen LogP contribution is 1.42. The van der Waals surface area contributed by atoms with Crippen LogP contribution in [0.3, 0.4) is 0 Å². The van der Waals surface area contributed by atoms with Gasteiger partial charge < -0.3 is 15.3 Å². The predicted octanol–water partition coefficient (Wildman–Crippen LogP) is 1.12. The van der Waals surface area contributed by atoms with Crippen molar-refractivity contribution in [3.05, 3.63) is 0 Å². The maximum absolute atomic E-state index is 9.00. The van der Waals surface area contributed by atoms with Crippen molar-refractivity contribution in [2.45, 2.75) is 20.8 Å². The molecule has 0 radical (unpaired) electrons. The fraction of sp³-hybridized carbons (Fsp3) is 0.500. The summed E-state index contributed by atoms with van der Waals surface area (Å²) in [7, 11) is 0. The molecule has 0 aromatic carbocycles. The van der Waals surface area contributed by atoms with Gasteiger partial charge in [0.05, 0.1) is 0 Å². The van der Waals surface area contributed by atoms with Gasteiger partial charge in [0, 0.05) is 20.8 Å². The molecule has 0 aliphatic heterocycles. The SMILES string of the molecule is CC(=O)O.CC(=O)O.CC(=O)O.Cl.Cl. The number of halogens is 2. The first kappa shape index (κ1) is 29.3. The van der Waals surface area contributed by atoms with Crippen molar-refractivity contribution >= 4 is 42.7 Å².